The van der Waals surface area contributed by atoms with Crippen LogP contribution >= 0.6 is 0 Å². The van der Waals surface area contributed by atoms with Gasteiger partial charge >= 0.3 is 0 Å². The Morgan fingerprint density at radius 1 is 0.358 bits per heavy atom. The zero-order valence-electron chi connectivity index (χ0n) is 28.3. The molecule has 0 aliphatic heterocycles. The summed E-state index contributed by atoms with van der Waals surface area (Å²) in [4.78, 5) is 15.6. The molecule has 12 rings (SSSR count). The number of aromatic nitrogens is 6. The molecule has 12 aromatic rings. The normalized spacial score (nSPS) is 12.2. The molecule has 0 N–H and O–H groups in total. The minimum Gasteiger partial charge on any atom is -0.307 e. The second-order valence-corrected chi connectivity index (χ2v) is 13.7. The summed E-state index contributed by atoms with van der Waals surface area (Å²) in [5, 5.41) is 6.80. The summed E-state index contributed by atoms with van der Waals surface area (Å²) in [5.41, 5.74) is 12.6. The maximum atomic E-state index is 5.29. The topological polar surface area (TPSA) is 52.9 Å². The Balaban J connectivity index is 1.19. The summed E-state index contributed by atoms with van der Waals surface area (Å²) >= 11 is 0. The molecule has 7 aromatic carbocycles. The van der Waals surface area contributed by atoms with Crippen molar-refractivity contribution < 1.29 is 0 Å². The van der Waals surface area contributed by atoms with E-state index in [1.165, 1.54) is 10.8 Å². The first-order valence-corrected chi connectivity index (χ1v) is 17.9. The van der Waals surface area contributed by atoms with Gasteiger partial charge in [0.1, 0.15) is 5.65 Å². The SMILES string of the molecule is c1ccc(-c2nc(-n3c4ccccc4c4cc(-n5c6ccccc6c6c5c5ccccc5c5nc7ccccc7n56)ccc43)nc3ccccc23)cc1. The monoisotopic (exact) mass is 676 g/mol. The molecular weight excluding hydrogens is 649 g/mol. The third kappa shape index (κ3) is 3.89. The predicted molar refractivity (Wildman–Crippen MR) is 217 cm³/mol. The number of pyridine rings is 1. The van der Waals surface area contributed by atoms with Crippen LogP contribution in [0.3, 0.4) is 0 Å². The standard InChI is InChI=1S/C47H28N6/c1-2-14-29(15-3-1)43-34-19-6-9-21-37(34)49-47(50-43)52-39-23-11-7-16-31(39)36-28-30(26-27-41(36)52)51-40-24-12-8-20-35(40)45-44(51)32-17-4-5-18-33(32)46-48-38-22-10-13-25-42(38)53(45)46/h1-28H. The van der Waals surface area contributed by atoms with Crippen molar-refractivity contribution in [1.29, 1.82) is 0 Å². The average Bonchev–Trinajstić information content (AvgIpc) is 3.89. The Bertz CT molecular complexity index is 3460. The molecule has 0 spiro atoms. The second kappa shape index (κ2) is 10.6. The van der Waals surface area contributed by atoms with Crippen LogP contribution in [0.1, 0.15) is 0 Å². The lowest BCUT2D eigenvalue weighted by Crippen LogP contribution is -2.03. The summed E-state index contributed by atoms with van der Waals surface area (Å²) in [6.07, 6.45) is 0. The summed E-state index contributed by atoms with van der Waals surface area (Å²) in [6, 6.07) is 59.9. The zero-order valence-corrected chi connectivity index (χ0v) is 28.3. The van der Waals surface area contributed by atoms with Crippen LogP contribution < -0.4 is 0 Å². The fraction of sp³-hybridized carbons (Fsp3) is 0. The Labute approximate surface area is 302 Å². The number of hydrogen-bond donors (Lipinski definition) is 0. The third-order valence-electron chi connectivity index (χ3n) is 10.8. The molecule has 0 bridgehead atoms. The van der Waals surface area contributed by atoms with Crippen molar-refractivity contribution in [3.8, 4) is 22.9 Å². The van der Waals surface area contributed by atoms with Gasteiger partial charge in [0.05, 0.1) is 49.8 Å². The summed E-state index contributed by atoms with van der Waals surface area (Å²) in [6.45, 7) is 0. The number of nitrogens with zero attached hydrogens (tertiary/aromatic N) is 6. The van der Waals surface area contributed by atoms with Crippen LogP contribution in [0, 0.1) is 0 Å². The Kier molecular flexibility index (Phi) is 5.68. The lowest BCUT2D eigenvalue weighted by molar-refractivity contribution is 1.01. The Morgan fingerprint density at radius 2 is 0.962 bits per heavy atom. The quantitative estimate of drug-likeness (QED) is 0.187. The van der Waals surface area contributed by atoms with Crippen molar-refractivity contribution in [2.45, 2.75) is 0 Å². The summed E-state index contributed by atoms with van der Waals surface area (Å²) in [7, 11) is 0. The van der Waals surface area contributed by atoms with Gasteiger partial charge in [-0.25, -0.2) is 15.0 Å². The smallest absolute Gasteiger partial charge is 0.235 e. The van der Waals surface area contributed by atoms with Crippen LogP contribution in [0.15, 0.2) is 170 Å². The fourth-order valence-electron chi connectivity index (χ4n) is 8.58. The van der Waals surface area contributed by atoms with E-state index in [1.807, 2.05) is 12.1 Å². The molecule has 0 aliphatic carbocycles. The maximum absolute atomic E-state index is 5.29. The van der Waals surface area contributed by atoms with Gasteiger partial charge in [0.25, 0.3) is 0 Å². The highest BCUT2D eigenvalue weighted by Gasteiger charge is 2.23. The molecule has 0 saturated carbocycles. The molecule has 53 heavy (non-hydrogen) atoms. The molecule has 5 heterocycles. The van der Waals surface area contributed by atoms with Gasteiger partial charge in [-0.3, -0.25) is 8.97 Å². The van der Waals surface area contributed by atoms with Gasteiger partial charge in [-0.15, -0.1) is 0 Å². The Hall–Kier alpha value is -7.31. The number of para-hydroxylation sites is 5. The van der Waals surface area contributed by atoms with Crippen molar-refractivity contribution >= 4 is 82.1 Å². The first-order valence-electron chi connectivity index (χ1n) is 17.9. The molecule has 6 nitrogen and oxygen atoms in total. The number of imidazole rings is 1. The van der Waals surface area contributed by atoms with Crippen LogP contribution in [0.2, 0.25) is 0 Å². The number of fused-ring (bicyclic) bond motifs is 14. The van der Waals surface area contributed by atoms with E-state index in [0.29, 0.717) is 5.95 Å². The Morgan fingerprint density at radius 3 is 1.77 bits per heavy atom. The molecule has 0 unspecified atom stereocenters. The highest BCUT2D eigenvalue weighted by atomic mass is 15.2. The number of rotatable bonds is 3. The largest absolute Gasteiger partial charge is 0.307 e. The molecular formula is C47H28N6. The van der Waals surface area contributed by atoms with E-state index in [0.717, 1.165) is 88.3 Å². The molecule has 0 amide bonds. The van der Waals surface area contributed by atoms with Gasteiger partial charge in [-0.2, -0.15) is 0 Å². The lowest BCUT2D eigenvalue weighted by atomic mass is 10.1. The number of benzene rings is 7. The molecule has 0 fully saturated rings. The first kappa shape index (κ1) is 28.4. The van der Waals surface area contributed by atoms with Crippen molar-refractivity contribution in [3.63, 3.8) is 0 Å². The van der Waals surface area contributed by atoms with E-state index in [1.54, 1.807) is 0 Å². The minimum absolute atomic E-state index is 0.652. The van der Waals surface area contributed by atoms with E-state index in [9.17, 15) is 0 Å². The van der Waals surface area contributed by atoms with E-state index in [2.05, 4.69) is 171 Å². The molecule has 0 aliphatic rings. The van der Waals surface area contributed by atoms with E-state index < -0.39 is 0 Å². The van der Waals surface area contributed by atoms with Crippen molar-refractivity contribution in [2.75, 3.05) is 0 Å². The number of hydrogen-bond acceptors (Lipinski definition) is 3. The predicted octanol–water partition coefficient (Wildman–Crippen LogP) is 11.4. The van der Waals surface area contributed by atoms with E-state index in [4.69, 9.17) is 15.0 Å². The van der Waals surface area contributed by atoms with Crippen molar-refractivity contribution in [1.82, 2.24) is 28.5 Å². The van der Waals surface area contributed by atoms with Gasteiger partial charge < -0.3 is 4.57 Å². The fourth-order valence-corrected chi connectivity index (χ4v) is 8.58. The molecule has 6 heteroatoms. The van der Waals surface area contributed by atoms with Gasteiger partial charge in [0, 0.05) is 43.6 Å². The molecule has 0 radical (unpaired) electrons. The molecule has 246 valence electrons. The maximum Gasteiger partial charge on any atom is 0.235 e. The van der Waals surface area contributed by atoms with Crippen LogP contribution in [-0.4, -0.2) is 28.5 Å². The van der Waals surface area contributed by atoms with Crippen LogP contribution in [0.25, 0.3) is 105 Å². The zero-order chi connectivity index (χ0) is 34.6. The van der Waals surface area contributed by atoms with Crippen molar-refractivity contribution in [2.24, 2.45) is 0 Å². The van der Waals surface area contributed by atoms with Gasteiger partial charge in [-0.1, -0.05) is 121 Å². The van der Waals surface area contributed by atoms with Crippen LogP contribution in [0.4, 0.5) is 0 Å². The van der Waals surface area contributed by atoms with E-state index in [-0.39, 0.29) is 0 Å². The van der Waals surface area contributed by atoms with Crippen molar-refractivity contribution in [3.05, 3.63) is 170 Å². The molecule has 0 atom stereocenters. The highest BCUT2D eigenvalue weighted by molar-refractivity contribution is 6.22. The second-order valence-electron chi connectivity index (χ2n) is 13.7. The van der Waals surface area contributed by atoms with Crippen LogP contribution in [0.5, 0.6) is 0 Å². The summed E-state index contributed by atoms with van der Waals surface area (Å²) in [5.74, 6) is 0.652. The molecule has 5 aromatic heterocycles. The minimum atomic E-state index is 0.652. The van der Waals surface area contributed by atoms with E-state index >= 15 is 0 Å². The van der Waals surface area contributed by atoms with Gasteiger partial charge in [0.2, 0.25) is 5.95 Å². The third-order valence-corrected chi connectivity index (χ3v) is 10.8. The highest BCUT2D eigenvalue weighted by Crippen LogP contribution is 2.41. The first-order chi connectivity index (χ1) is 26.3. The lowest BCUT2D eigenvalue weighted by Gasteiger charge is -2.13. The molecule has 0 saturated heterocycles. The van der Waals surface area contributed by atoms with Gasteiger partial charge in [0.15, 0.2) is 0 Å². The summed E-state index contributed by atoms with van der Waals surface area (Å²) < 4.78 is 7.01. The van der Waals surface area contributed by atoms with Gasteiger partial charge in [-0.05, 0) is 48.5 Å². The average molecular weight is 677 g/mol. The van der Waals surface area contributed by atoms with Crippen LogP contribution in [-0.2, 0) is 0 Å².